The van der Waals surface area contributed by atoms with Crippen molar-refractivity contribution in [2.24, 2.45) is 17.8 Å². The van der Waals surface area contributed by atoms with Crippen molar-refractivity contribution in [1.29, 1.82) is 0 Å². The molecule has 2 aliphatic rings. The van der Waals surface area contributed by atoms with Crippen LogP contribution in [0.25, 0.3) is 0 Å². The molecule has 1 aromatic carbocycles. The number of rotatable bonds is 7. The fourth-order valence-electron chi connectivity index (χ4n) is 3.96. The number of carbonyl (C=O) groups excluding carboxylic acids is 2. The number of anilines is 1. The quantitative estimate of drug-likeness (QED) is 0.761. The number of hydrogen-bond donors (Lipinski definition) is 1. The molecular formula is C18H21F2NO4. The highest BCUT2D eigenvalue weighted by atomic mass is 19.3. The molecule has 3 rings (SSSR count). The lowest BCUT2D eigenvalue weighted by atomic mass is 9.86. The van der Waals surface area contributed by atoms with Crippen molar-refractivity contribution >= 4 is 17.6 Å². The van der Waals surface area contributed by atoms with Crippen LogP contribution in [0.1, 0.15) is 32.1 Å². The number of nitrogens with one attached hydrogen (secondary N) is 1. The van der Waals surface area contributed by atoms with Crippen LogP contribution < -0.4 is 10.1 Å². The number of benzene rings is 1. The molecule has 2 fully saturated rings. The number of esters is 1. The van der Waals surface area contributed by atoms with E-state index in [1.807, 2.05) is 0 Å². The third kappa shape index (κ3) is 4.90. The third-order valence-corrected chi connectivity index (χ3v) is 5.04. The van der Waals surface area contributed by atoms with Crippen molar-refractivity contribution in [3.05, 3.63) is 24.3 Å². The zero-order valence-electron chi connectivity index (χ0n) is 13.8. The van der Waals surface area contributed by atoms with Gasteiger partial charge < -0.3 is 14.8 Å². The molecule has 0 radical (unpaired) electrons. The summed E-state index contributed by atoms with van der Waals surface area (Å²) in [4.78, 5) is 23.7. The molecule has 2 aliphatic carbocycles. The van der Waals surface area contributed by atoms with Crippen LogP contribution in [0.15, 0.2) is 24.3 Å². The molecule has 0 aromatic heterocycles. The Balaban J connectivity index is 1.38. The van der Waals surface area contributed by atoms with E-state index in [0.717, 1.165) is 12.3 Å². The molecule has 136 valence electrons. The Labute approximate surface area is 144 Å². The van der Waals surface area contributed by atoms with Gasteiger partial charge in [-0.25, -0.2) is 0 Å². The zero-order valence-corrected chi connectivity index (χ0v) is 13.8. The fraction of sp³-hybridized carbons (Fsp3) is 0.556. The minimum Gasteiger partial charge on any atom is -0.456 e. The number of hydrogen-bond acceptors (Lipinski definition) is 4. The second kappa shape index (κ2) is 7.80. The fourth-order valence-corrected chi connectivity index (χ4v) is 3.96. The highest BCUT2D eigenvalue weighted by Gasteiger charge is 2.40. The highest BCUT2D eigenvalue weighted by Crippen LogP contribution is 2.49. The largest absolute Gasteiger partial charge is 0.456 e. The van der Waals surface area contributed by atoms with Gasteiger partial charge in [0.2, 0.25) is 0 Å². The van der Waals surface area contributed by atoms with Crippen LogP contribution in [0.2, 0.25) is 0 Å². The first kappa shape index (κ1) is 17.6. The van der Waals surface area contributed by atoms with Crippen LogP contribution in [-0.4, -0.2) is 25.1 Å². The van der Waals surface area contributed by atoms with Crippen molar-refractivity contribution in [2.75, 3.05) is 11.9 Å². The van der Waals surface area contributed by atoms with Gasteiger partial charge in [0.1, 0.15) is 5.75 Å². The van der Waals surface area contributed by atoms with Gasteiger partial charge >= 0.3 is 12.6 Å². The summed E-state index contributed by atoms with van der Waals surface area (Å²) < 4.78 is 33.4. The summed E-state index contributed by atoms with van der Waals surface area (Å²) in [7, 11) is 0. The van der Waals surface area contributed by atoms with Gasteiger partial charge in [-0.2, -0.15) is 8.78 Å². The lowest BCUT2D eigenvalue weighted by molar-refractivity contribution is -0.148. The molecule has 5 nitrogen and oxygen atoms in total. The Hall–Kier alpha value is -2.18. The number of amides is 1. The maximum Gasteiger partial charge on any atom is 0.387 e. The summed E-state index contributed by atoms with van der Waals surface area (Å²) in [6.07, 6.45) is 5.19. The van der Waals surface area contributed by atoms with Gasteiger partial charge in [0.05, 0.1) is 0 Å². The molecule has 2 bridgehead atoms. The van der Waals surface area contributed by atoms with Gasteiger partial charge in [-0.1, -0.05) is 6.42 Å². The highest BCUT2D eigenvalue weighted by molar-refractivity contribution is 5.92. The number of fused-ring (bicyclic) bond motifs is 2. The van der Waals surface area contributed by atoms with E-state index < -0.39 is 12.5 Å². The predicted octanol–water partition coefficient (Wildman–Crippen LogP) is 3.60. The van der Waals surface area contributed by atoms with Crippen LogP contribution in [0, 0.1) is 17.8 Å². The summed E-state index contributed by atoms with van der Waals surface area (Å²) in [6, 6.07) is 5.52. The minimum absolute atomic E-state index is 0.00490. The number of carbonyl (C=O) groups is 2. The van der Waals surface area contributed by atoms with Crippen molar-refractivity contribution in [3.8, 4) is 5.75 Å². The average Bonchev–Trinajstić information content (AvgIpc) is 3.17. The molecule has 0 saturated heterocycles. The smallest absolute Gasteiger partial charge is 0.387 e. The Morgan fingerprint density at radius 2 is 1.92 bits per heavy atom. The first-order valence-corrected chi connectivity index (χ1v) is 8.50. The van der Waals surface area contributed by atoms with Crippen LogP contribution in [0.5, 0.6) is 5.75 Å². The van der Waals surface area contributed by atoms with Gasteiger partial charge in [0, 0.05) is 12.1 Å². The van der Waals surface area contributed by atoms with E-state index in [1.165, 1.54) is 43.5 Å². The Morgan fingerprint density at radius 3 is 2.52 bits per heavy atom. The molecule has 0 spiro atoms. The molecule has 0 aliphatic heterocycles. The van der Waals surface area contributed by atoms with Crippen LogP contribution in [0.3, 0.4) is 0 Å². The third-order valence-electron chi connectivity index (χ3n) is 5.04. The standard InChI is InChI=1S/C18H21F2NO4/c19-18(20)25-15-5-3-14(4-6-15)21-16(22)10-24-17(23)9-13-8-11-1-2-12(13)7-11/h3-6,11-13,18H,1-2,7-10H2,(H,21,22)/t11-,12-,13+/m0/s1. The van der Waals surface area contributed by atoms with E-state index in [-0.39, 0.29) is 18.3 Å². The van der Waals surface area contributed by atoms with E-state index in [2.05, 4.69) is 10.1 Å². The molecule has 25 heavy (non-hydrogen) atoms. The first-order chi connectivity index (χ1) is 12.0. The predicted molar refractivity (Wildman–Crippen MR) is 86.2 cm³/mol. The van der Waals surface area contributed by atoms with E-state index in [0.29, 0.717) is 23.9 Å². The van der Waals surface area contributed by atoms with E-state index >= 15 is 0 Å². The second-order valence-corrected chi connectivity index (χ2v) is 6.75. The summed E-state index contributed by atoms with van der Waals surface area (Å²) in [5.41, 5.74) is 0.413. The van der Waals surface area contributed by atoms with Crippen molar-refractivity contribution < 1.29 is 27.8 Å². The Morgan fingerprint density at radius 1 is 1.16 bits per heavy atom. The summed E-state index contributed by atoms with van der Waals surface area (Å²) in [6.45, 7) is -3.25. The Bertz CT molecular complexity index is 620. The van der Waals surface area contributed by atoms with E-state index in [4.69, 9.17) is 4.74 Å². The molecule has 0 unspecified atom stereocenters. The van der Waals surface area contributed by atoms with Crippen molar-refractivity contribution in [2.45, 2.75) is 38.7 Å². The zero-order chi connectivity index (χ0) is 17.8. The lowest BCUT2D eigenvalue weighted by Crippen LogP contribution is -2.23. The molecule has 1 N–H and O–H groups in total. The van der Waals surface area contributed by atoms with Gasteiger partial charge in [-0.3, -0.25) is 9.59 Å². The van der Waals surface area contributed by atoms with Crippen molar-refractivity contribution in [1.82, 2.24) is 0 Å². The maximum atomic E-state index is 12.1. The van der Waals surface area contributed by atoms with Gasteiger partial charge in [0.25, 0.3) is 5.91 Å². The molecule has 3 atom stereocenters. The number of ether oxygens (including phenoxy) is 2. The number of halogens is 2. The van der Waals surface area contributed by atoms with Crippen molar-refractivity contribution in [3.63, 3.8) is 0 Å². The minimum atomic E-state index is -2.89. The number of alkyl halides is 2. The molecule has 1 aromatic rings. The summed E-state index contributed by atoms with van der Waals surface area (Å²) in [5.74, 6) is 1.00. The SMILES string of the molecule is O=C(COC(=O)C[C@H]1C[C@H]2CC[C@H]1C2)Nc1ccc(OC(F)F)cc1. The first-order valence-electron chi connectivity index (χ1n) is 8.50. The average molecular weight is 353 g/mol. The van der Waals surface area contributed by atoms with Crippen LogP contribution in [-0.2, 0) is 14.3 Å². The summed E-state index contributed by atoms with van der Waals surface area (Å²) >= 11 is 0. The molecule has 1 amide bonds. The van der Waals surface area contributed by atoms with E-state index in [9.17, 15) is 18.4 Å². The molecular weight excluding hydrogens is 332 g/mol. The topological polar surface area (TPSA) is 64.6 Å². The lowest BCUT2D eigenvalue weighted by Gasteiger charge is -2.20. The molecule has 2 saturated carbocycles. The monoisotopic (exact) mass is 353 g/mol. The Kier molecular flexibility index (Phi) is 5.50. The second-order valence-electron chi connectivity index (χ2n) is 6.75. The van der Waals surface area contributed by atoms with Gasteiger partial charge in [0.15, 0.2) is 6.61 Å². The maximum absolute atomic E-state index is 12.1. The normalized spacial score (nSPS) is 24.4. The van der Waals surface area contributed by atoms with Crippen LogP contribution >= 0.6 is 0 Å². The molecule has 0 heterocycles. The molecule has 7 heteroatoms. The van der Waals surface area contributed by atoms with E-state index in [1.54, 1.807) is 0 Å². The van der Waals surface area contributed by atoms with Gasteiger partial charge in [-0.15, -0.1) is 0 Å². The summed E-state index contributed by atoms with van der Waals surface area (Å²) in [5, 5.41) is 2.54. The van der Waals surface area contributed by atoms with Crippen LogP contribution in [0.4, 0.5) is 14.5 Å². The van der Waals surface area contributed by atoms with Gasteiger partial charge in [-0.05, 0) is 61.3 Å².